The summed E-state index contributed by atoms with van der Waals surface area (Å²) in [6.07, 6.45) is 1.99. The van der Waals surface area contributed by atoms with Crippen molar-refractivity contribution in [2.75, 3.05) is 7.11 Å². The van der Waals surface area contributed by atoms with Crippen LogP contribution < -0.4 is 4.74 Å². The first-order valence-corrected chi connectivity index (χ1v) is 6.95. The summed E-state index contributed by atoms with van der Waals surface area (Å²) in [4.78, 5) is 12.0. The van der Waals surface area contributed by atoms with E-state index in [1.165, 1.54) is 0 Å². The molecule has 2 nitrogen and oxygen atoms in total. The van der Waals surface area contributed by atoms with E-state index in [1.807, 2.05) is 18.2 Å². The Morgan fingerprint density at radius 1 is 1.33 bits per heavy atom. The molecular formula is C15H21BrO2. The van der Waals surface area contributed by atoms with Crippen LogP contribution in [0.15, 0.2) is 22.7 Å². The van der Waals surface area contributed by atoms with Gasteiger partial charge in [-0.05, 0) is 30.0 Å². The van der Waals surface area contributed by atoms with E-state index in [0.29, 0.717) is 12.8 Å². The molecule has 18 heavy (non-hydrogen) atoms. The molecule has 1 rings (SSSR count). The fraction of sp³-hybridized carbons (Fsp3) is 0.533. The Morgan fingerprint density at radius 2 is 2.00 bits per heavy atom. The minimum atomic E-state index is 0.205. The van der Waals surface area contributed by atoms with Crippen LogP contribution in [-0.4, -0.2) is 12.9 Å². The van der Waals surface area contributed by atoms with Crippen LogP contribution in [0.3, 0.4) is 0 Å². The molecule has 0 aliphatic rings. The third-order valence-electron chi connectivity index (χ3n) is 2.78. The van der Waals surface area contributed by atoms with Crippen LogP contribution in [0.25, 0.3) is 0 Å². The number of benzene rings is 1. The SMILES string of the molecule is COc1ccc(Br)cc1CC(=O)CCC(C)(C)C. The fourth-order valence-corrected chi connectivity index (χ4v) is 2.11. The molecule has 0 aliphatic heterocycles. The highest BCUT2D eigenvalue weighted by Crippen LogP contribution is 2.25. The molecular weight excluding hydrogens is 292 g/mol. The lowest BCUT2D eigenvalue weighted by Crippen LogP contribution is -2.11. The Morgan fingerprint density at radius 3 is 2.56 bits per heavy atom. The normalized spacial score (nSPS) is 11.4. The van der Waals surface area contributed by atoms with Gasteiger partial charge in [-0.15, -0.1) is 0 Å². The molecule has 0 N–H and O–H groups in total. The maximum Gasteiger partial charge on any atom is 0.137 e. The Hall–Kier alpha value is -0.830. The number of Topliss-reactive ketones (excluding diaryl/α,β-unsaturated/α-hetero) is 1. The van der Waals surface area contributed by atoms with E-state index < -0.39 is 0 Å². The van der Waals surface area contributed by atoms with Crippen molar-refractivity contribution in [1.82, 2.24) is 0 Å². The van der Waals surface area contributed by atoms with E-state index in [9.17, 15) is 4.79 Å². The quantitative estimate of drug-likeness (QED) is 0.805. The smallest absolute Gasteiger partial charge is 0.137 e. The van der Waals surface area contributed by atoms with Gasteiger partial charge in [0.05, 0.1) is 7.11 Å². The van der Waals surface area contributed by atoms with Crippen LogP contribution >= 0.6 is 15.9 Å². The summed E-state index contributed by atoms with van der Waals surface area (Å²) in [7, 11) is 1.63. The molecule has 0 unspecified atom stereocenters. The number of halogens is 1. The van der Waals surface area contributed by atoms with Crippen LogP contribution in [-0.2, 0) is 11.2 Å². The highest BCUT2D eigenvalue weighted by Gasteiger charge is 2.14. The number of ether oxygens (including phenoxy) is 1. The molecule has 0 aromatic heterocycles. The molecule has 0 aliphatic carbocycles. The molecule has 0 bridgehead atoms. The monoisotopic (exact) mass is 312 g/mol. The predicted octanol–water partition coefficient (Wildman–Crippen LogP) is 4.40. The maximum atomic E-state index is 12.0. The summed E-state index contributed by atoms with van der Waals surface area (Å²) < 4.78 is 6.25. The second-order valence-corrected chi connectivity index (χ2v) is 6.65. The topological polar surface area (TPSA) is 26.3 Å². The van der Waals surface area contributed by atoms with Crippen LogP contribution in [0, 0.1) is 5.41 Å². The van der Waals surface area contributed by atoms with Crippen LogP contribution in [0.2, 0.25) is 0 Å². The molecule has 100 valence electrons. The first-order valence-electron chi connectivity index (χ1n) is 6.16. The van der Waals surface area contributed by atoms with E-state index in [0.717, 1.165) is 22.2 Å². The van der Waals surface area contributed by atoms with Crippen molar-refractivity contribution in [2.24, 2.45) is 5.41 Å². The molecule has 1 aromatic carbocycles. The second kappa shape index (κ2) is 6.37. The van der Waals surface area contributed by atoms with Crippen molar-refractivity contribution >= 4 is 21.7 Å². The molecule has 0 spiro atoms. The summed E-state index contributed by atoms with van der Waals surface area (Å²) in [5.74, 6) is 1.05. The lowest BCUT2D eigenvalue weighted by Gasteiger charge is -2.17. The fourth-order valence-electron chi connectivity index (χ4n) is 1.70. The first-order chi connectivity index (χ1) is 8.31. The molecule has 1 aromatic rings. The Kier molecular flexibility index (Phi) is 5.39. The van der Waals surface area contributed by atoms with Gasteiger partial charge in [0.15, 0.2) is 0 Å². The van der Waals surface area contributed by atoms with Gasteiger partial charge in [-0.2, -0.15) is 0 Å². The number of rotatable bonds is 5. The molecule has 0 amide bonds. The largest absolute Gasteiger partial charge is 0.496 e. The van der Waals surface area contributed by atoms with Crippen LogP contribution in [0.5, 0.6) is 5.75 Å². The standard InChI is InChI=1S/C15H21BrO2/c1-15(2,3)8-7-13(17)10-11-9-12(16)5-6-14(11)18-4/h5-6,9H,7-8,10H2,1-4H3. The minimum Gasteiger partial charge on any atom is -0.496 e. The molecule has 0 fully saturated rings. The number of hydrogen-bond acceptors (Lipinski definition) is 2. The zero-order valence-electron chi connectivity index (χ0n) is 11.5. The average molecular weight is 313 g/mol. The molecule has 0 saturated heterocycles. The third-order valence-corrected chi connectivity index (χ3v) is 3.28. The minimum absolute atomic E-state index is 0.205. The zero-order chi connectivity index (χ0) is 13.8. The Labute approximate surface area is 118 Å². The van der Waals surface area contributed by atoms with Gasteiger partial charge in [-0.25, -0.2) is 0 Å². The third kappa shape index (κ3) is 5.21. The highest BCUT2D eigenvalue weighted by molar-refractivity contribution is 9.10. The summed E-state index contributed by atoms with van der Waals surface area (Å²) in [6, 6.07) is 5.76. The summed E-state index contributed by atoms with van der Waals surface area (Å²) in [5, 5.41) is 0. The van der Waals surface area contributed by atoms with Gasteiger partial charge in [0.25, 0.3) is 0 Å². The van der Waals surface area contributed by atoms with Crippen molar-refractivity contribution in [3.05, 3.63) is 28.2 Å². The lowest BCUT2D eigenvalue weighted by atomic mass is 9.88. The molecule has 0 atom stereocenters. The van der Waals surface area contributed by atoms with Crippen molar-refractivity contribution in [3.8, 4) is 5.75 Å². The van der Waals surface area contributed by atoms with E-state index in [1.54, 1.807) is 7.11 Å². The van der Waals surface area contributed by atoms with Crippen molar-refractivity contribution in [2.45, 2.75) is 40.0 Å². The van der Waals surface area contributed by atoms with Gasteiger partial charge in [0.2, 0.25) is 0 Å². The van der Waals surface area contributed by atoms with E-state index >= 15 is 0 Å². The van der Waals surface area contributed by atoms with E-state index in [-0.39, 0.29) is 11.2 Å². The molecule has 0 saturated carbocycles. The molecule has 3 heteroatoms. The van der Waals surface area contributed by atoms with Gasteiger partial charge < -0.3 is 4.74 Å². The summed E-state index contributed by atoms with van der Waals surface area (Å²) >= 11 is 3.42. The maximum absolute atomic E-state index is 12.0. The van der Waals surface area contributed by atoms with Gasteiger partial charge in [-0.1, -0.05) is 36.7 Å². The highest BCUT2D eigenvalue weighted by atomic mass is 79.9. The van der Waals surface area contributed by atoms with Gasteiger partial charge in [-0.3, -0.25) is 4.79 Å². The number of carbonyl (C=O) groups is 1. The second-order valence-electron chi connectivity index (χ2n) is 5.73. The lowest BCUT2D eigenvalue weighted by molar-refractivity contribution is -0.118. The van der Waals surface area contributed by atoms with Crippen LogP contribution in [0.1, 0.15) is 39.2 Å². The Bertz CT molecular complexity index is 419. The summed E-state index contributed by atoms with van der Waals surface area (Å²) in [6.45, 7) is 6.46. The number of hydrogen-bond donors (Lipinski definition) is 0. The van der Waals surface area contributed by atoms with Gasteiger partial charge in [0.1, 0.15) is 11.5 Å². The molecule has 0 radical (unpaired) electrons. The van der Waals surface area contributed by atoms with Crippen molar-refractivity contribution in [3.63, 3.8) is 0 Å². The number of methoxy groups -OCH3 is 1. The predicted molar refractivity (Wildman–Crippen MR) is 78.1 cm³/mol. The van der Waals surface area contributed by atoms with Crippen molar-refractivity contribution < 1.29 is 9.53 Å². The number of carbonyl (C=O) groups excluding carboxylic acids is 1. The zero-order valence-corrected chi connectivity index (χ0v) is 13.1. The van der Waals surface area contributed by atoms with Gasteiger partial charge in [0, 0.05) is 22.9 Å². The van der Waals surface area contributed by atoms with E-state index in [4.69, 9.17) is 4.74 Å². The van der Waals surface area contributed by atoms with E-state index in [2.05, 4.69) is 36.7 Å². The van der Waals surface area contributed by atoms with Gasteiger partial charge >= 0.3 is 0 Å². The number of ketones is 1. The summed E-state index contributed by atoms with van der Waals surface area (Å²) in [5.41, 5.74) is 1.16. The average Bonchev–Trinajstić information content (AvgIpc) is 2.26. The molecule has 0 heterocycles. The first kappa shape index (κ1) is 15.2. The van der Waals surface area contributed by atoms with Crippen LogP contribution in [0.4, 0.5) is 0 Å². The van der Waals surface area contributed by atoms with Crippen molar-refractivity contribution in [1.29, 1.82) is 0 Å². The Balaban J connectivity index is 2.66.